The van der Waals surface area contributed by atoms with Gasteiger partial charge in [0.15, 0.2) is 6.23 Å². The van der Waals surface area contributed by atoms with E-state index in [4.69, 9.17) is 21.3 Å². The van der Waals surface area contributed by atoms with Crippen LogP contribution in [0.1, 0.15) is 18.3 Å². The molecule has 0 amide bonds. The third-order valence-corrected chi connectivity index (χ3v) is 5.40. The monoisotopic (exact) mass is 386 g/mol. The summed E-state index contributed by atoms with van der Waals surface area (Å²) in [5, 5.41) is 32.4. The summed E-state index contributed by atoms with van der Waals surface area (Å²) >= 11 is 1.41. The van der Waals surface area contributed by atoms with Gasteiger partial charge in [-0.25, -0.2) is 9.98 Å². The van der Waals surface area contributed by atoms with E-state index in [0.29, 0.717) is 41.9 Å². The molecule has 0 spiro atoms. The van der Waals surface area contributed by atoms with Crippen LogP contribution in [0.3, 0.4) is 0 Å². The number of anilines is 1. The van der Waals surface area contributed by atoms with Crippen molar-refractivity contribution in [2.75, 3.05) is 23.5 Å². The molecular weight excluding hydrogens is 364 g/mol. The summed E-state index contributed by atoms with van der Waals surface area (Å²) in [6.07, 6.45) is -1.84. The average molecular weight is 386 g/mol. The number of nitrogens with one attached hydrogen (secondary N) is 1. The Morgan fingerprint density at radius 3 is 3.00 bits per heavy atom. The van der Waals surface area contributed by atoms with Gasteiger partial charge in [0.25, 0.3) is 0 Å². The van der Waals surface area contributed by atoms with Crippen molar-refractivity contribution in [3.8, 4) is 0 Å². The Labute approximate surface area is 153 Å². The van der Waals surface area contributed by atoms with Gasteiger partial charge in [-0.05, 0) is 12.2 Å². The van der Waals surface area contributed by atoms with Crippen molar-refractivity contribution in [3.63, 3.8) is 0 Å². The smallest absolute Gasteiger partial charge is 0.320 e. The Morgan fingerprint density at radius 2 is 2.27 bits per heavy atom. The number of aliphatic carboxylic acids is 1. The summed E-state index contributed by atoms with van der Waals surface area (Å²) < 4.78 is 7.41. The van der Waals surface area contributed by atoms with Gasteiger partial charge in [-0.15, -0.1) is 0 Å². The van der Waals surface area contributed by atoms with Crippen molar-refractivity contribution >= 4 is 29.4 Å². The minimum atomic E-state index is -1.14. The standard InChI is InChI=1S/C14H22N6O5S/c15-6(14(23)24)1-2-26-3-7-9(21)10(22)13(25-7)20-5-19-8-11(16)17-4-18-12(8)20/h5-7,9-10,13,18,21-22H,1-4,15H2,(H2,16,17)(H,23,24). The first-order chi connectivity index (χ1) is 12.4. The minimum Gasteiger partial charge on any atom is -0.480 e. The molecule has 1 fully saturated rings. The Morgan fingerprint density at radius 1 is 1.50 bits per heavy atom. The van der Waals surface area contributed by atoms with Crippen LogP contribution in [-0.4, -0.2) is 79.2 Å². The highest BCUT2D eigenvalue weighted by Gasteiger charge is 2.44. The molecule has 1 aromatic heterocycles. The summed E-state index contributed by atoms with van der Waals surface area (Å²) in [4.78, 5) is 18.9. The number of imidazole rings is 1. The van der Waals surface area contributed by atoms with Crippen molar-refractivity contribution in [3.05, 3.63) is 12.0 Å². The van der Waals surface area contributed by atoms with Gasteiger partial charge in [0.05, 0.1) is 12.4 Å². The van der Waals surface area contributed by atoms with E-state index in [-0.39, 0.29) is 0 Å². The van der Waals surface area contributed by atoms with Crippen LogP contribution in [0.2, 0.25) is 0 Å². The molecule has 144 valence electrons. The Bertz CT molecular complexity index is 697. The second-order valence-corrected chi connectivity index (χ2v) is 7.23. The summed E-state index contributed by atoms with van der Waals surface area (Å²) in [6, 6.07) is -0.911. The average Bonchev–Trinajstić information content (AvgIpc) is 3.15. The van der Waals surface area contributed by atoms with Gasteiger partial charge in [0.2, 0.25) is 0 Å². The molecule has 26 heavy (non-hydrogen) atoms. The fourth-order valence-electron chi connectivity index (χ4n) is 2.82. The van der Waals surface area contributed by atoms with E-state index in [1.807, 2.05) is 0 Å². The molecule has 5 unspecified atom stereocenters. The Kier molecular flexibility index (Phi) is 5.67. The van der Waals surface area contributed by atoms with Crippen LogP contribution in [0.5, 0.6) is 0 Å². The molecule has 3 heterocycles. The highest BCUT2D eigenvalue weighted by Crippen LogP contribution is 2.34. The molecule has 11 nitrogen and oxygen atoms in total. The SMILES string of the molecule is NC1=NCNc2c1ncn2C1OC(CSCCC(N)C(=O)O)C(O)C1O. The van der Waals surface area contributed by atoms with Gasteiger partial charge < -0.3 is 36.8 Å². The maximum Gasteiger partial charge on any atom is 0.320 e. The number of thioether (sulfide) groups is 1. The van der Waals surface area contributed by atoms with Crippen LogP contribution in [0.25, 0.3) is 0 Å². The van der Waals surface area contributed by atoms with Gasteiger partial charge in [-0.3, -0.25) is 9.36 Å². The number of nitrogens with two attached hydrogens (primary N) is 2. The van der Waals surface area contributed by atoms with Crippen molar-refractivity contribution < 1.29 is 24.9 Å². The van der Waals surface area contributed by atoms with Gasteiger partial charge in [-0.2, -0.15) is 11.8 Å². The number of amidine groups is 1. The van der Waals surface area contributed by atoms with Crippen molar-refractivity contribution in [2.24, 2.45) is 16.5 Å². The highest BCUT2D eigenvalue weighted by molar-refractivity contribution is 7.99. The number of ether oxygens (including phenoxy) is 1. The Balaban J connectivity index is 1.60. The zero-order chi connectivity index (χ0) is 18.8. The number of aromatic nitrogens is 2. The second kappa shape index (κ2) is 7.80. The zero-order valence-corrected chi connectivity index (χ0v) is 14.7. The molecular formula is C14H22N6O5S. The normalized spacial score (nSPS) is 29.0. The van der Waals surface area contributed by atoms with Crippen LogP contribution >= 0.6 is 11.8 Å². The lowest BCUT2D eigenvalue weighted by Crippen LogP contribution is -2.33. The van der Waals surface area contributed by atoms with Crippen molar-refractivity contribution in [1.29, 1.82) is 0 Å². The maximum atomic E-state index is 10.7. The van der Waals surface area contributed by atoms with E-state index in [1.54, 1.807) is 4.57 Å². The number of hydrogen-bond donors (Lipinski definition) is 6. The highest BCUT2D eigenvalue weighted by atomic mass is 32.2. The molecule has 5 atom stereocenters. The lowest BCUT2D eigenvalue weighted by molar-refractivity contribution is -0.138. The first-order valence-corrected chi connectivity index (χ1v) is 9.24. The summed E-state index contributed by atoms with van der Waals surface area (Å²) in [5.74, 6) is 0.741. The number of fused-ring (bicyclic) bond motifs is 1. The fraction of sp³-hybridized carbons (Fsp3) is 0.643. The number of carboxylic acid groups (broad SMARTS) is 1. The lowest BCUT2D eigenvalue weighted by Gasteiger charge is -2.21. The first-order valence-electron chi connectivity index (χ1n) is 8.09. The predicted octanol–water partition coefficient (Wildman–Crippen LogP) is -1.87. The lowest BCUT2D eigenvalue weighted by atomic mass is 10.1. The molecule has 0 aromatic carbocycles. The summed E-state index contributed by atoms with van der Waals surface area (Å²) in [7, 11) is 0. The number of hydrogen-bond acceptors (Lipinski definition) is 10. The molecule has 12 heteroatoms. The molecule has 0 aliphatic carbocycles. The molecule has 2 aliphatic rings. The van der Waals surface area contributed by atoms with E-state index < -0.39 is 36.6 Å². The van der Waals surface area contributed by atoms with E-state index in [2.05, 4.69) is 15.3 Å². The predicted molar refractivity (Wildman–Crippen MR) is 94.9 cm³/mol. The van der Waals surface area contributed by atoms with Crippen molar-refractivity contribution in [1.82, 2.24) is 9.55 Å². The Hall–Kier alpha value is -1.86. The zero-order valence-electron chi connectivity index (χ0n) is 13.9. The van der Waals surface area contributed by atoms with E-state index in [9.17, 15) is 15.0 Å². The molecule has 0 saturated carbocycles. The quantitative estimate of drug-likeness (QED) is 0.290. The van der Waals surface area contributed by atoms with Crippen LogP contribution in [0.4, 0.5) is 5.82 Å². The largest absolute Gasteiger partial charge is 0.480 e. The molecule has 0 radical (unpaired) electrons. The minimum absolute atomic E-state index is 0.291. The molecule has 2 aliphatic heterocycles. The topological polar surface area (TPSA) is 181 Å². The number of aliphatic hydroxyl groups is 2. The second-order valence-electron chi connectivity index (χ2n) is 6.08. The number of carbonyl (C=O) groups is 1. The summed E-state index contributed by atoms with van der Waals surface area (Å²) in [6.45, 7) is 0.291. The molecule has 3 rings (SSSR count). The van der Waals surface area contributed by atoms with Crippen LogP contribution in [0.15, 0.2) is 11.3 Å². The molecule has 0 bridgehead atoms. The molecule has 1 aromatic rings. The van der Waals surface area contributed by atoms with Gasteiger partial charge >= 0.3 is 5.97 Å². The van der Waals surface area contributed by atoms with E-state index in [0.717, 1.165) is 0 Å². The third-order valence-electron chi connectivity index (χ3n) is 4.32. The van der Waals surface area contributed by atoms with E-state index >= 15 is 0 Å². The van der Waals surface area contributed by atoms with Crippen LogP contribution in [0, 0.1) is 0 Å². The van der Waals surface area contributed by atoms with Crippen molar-refractivity contribution in [2.45, 2.75) is 37.0 Å². The number of aliphatic imine (C=N–C) groups is 1. The van der Waals surface area contributed by atoms with Crippen LogP contribution < -0.4 is 16.8 Å². The van der Waals surface area contributed by atoms with Gasteiger partial charge in [-0.1, -0.05) is 0 Å². The first kappa shape index (κ1) is 18.9. The summed E-state index contributed by atoms with van der Waals surface area (Å²) in [5.41, 5.74) is 11.7. The third kappa shape index (κ3) is 3.64. The number of rotatable bonds is 7. The van der Waals surface area contributed by atoms with Gasteiger partial charge in [0, 0.05) is 5.75 Å². The van der Waals surface area contributed by atoms with Crippen LogP contribution in [-0.2, 0) is 9.53 Å². The fourth-order valence-corrected chi connectivity index (χ4v) is 3.92. The molecule has 8 N–H and O–H groups in total. The van der Waals surface area contributed by atoms with E-state index in [1.165, 1.54) is 18.1 Å². The number of aliphatic hydroxyl groups excluding tert-OH is 2. The number of carboxylic acids is 1. The molecule has 1 saturated heterocycles. The van der Waals surface area contributed by atoms with Gasteiger partial charge in [0.1, 0.15) is 42.3 Å². The number of nitrogens with zero attached hydrogens (tertiary/aromatic N) is 3. The maximum absolute atomic E-state index is 10.7.